The van der Waals surface area contributed by atoms with Gasteiger partial charge in [0.25, 0.3) is 0 Å². The Morgan fingerprint density at radius 1 is 1.00 bits per heavy atom. The zero-order valence-electron chi connectivity index (χ0n) is 7.14. The van der Waals surface area contributed by atoms with Crippen molar-refractivity contribution < 1.29 is 69.4 Å². The first kappa shape index (κ1) is 13.5. The molecule has 12 heavy (non-hydrogen) atoms. The molecular formula is C6H11BF3KO. The molecule has 1 fully saturated rings. The van der Waals surface area contributed by atoms with Gasteiger partial charge >= 0.3 is 58.4 Å². The van der Waals surface area contributed by atoms with E-state index in [0.717, 1.165) is 0 Å². The van der Waals surface area contributed by atoms with Crippen molar-refractivity contribution in [1.29, 1.82) is 0 Å². The van der Waals surface area contributed by atoms with E-state index in [1.807, 2.05) is 0 Å². The van der Waals surface area contributed by atoms with Crippen LogP contribution in [0, 0.1) is 0 Å². The van der Waals surface area contributed by atoms with Crippen molar-refractivity contribution in [1.82, 2.24) is 0 Å². The third kappa shape index (κ3) is 4.11. The topological polar surface area (TPSA) is 20.2 Å². The molecule has 1 aliphatic rings. The van der Waals surface area contributed by atoms with Crippen molar-refractivity contribution in [2.75, 3.05) is 0 Å². The van der Waals surface area contributed by atoms with Crippen LogP contribution in [0.25, 0.3) is 0 Å². The van der Waals surface area contributed by atoms with Crippen LogP contribution in [-0.2, 0) is 0 Å². The normalized spacial score (nSPS) is 31.0. The second-order valence-electron chi connectivity index (χ2n) is 3.19. The van der Waals surface area contributed by atoms with Crippen LogP contribution in [0.2, 0.25) is 5.82 Å². The molecule has 6 heteroatoms. The Labute approximate surface area is 113 Å². The fraction of sp³-hybridized carbons (Fsp3) is 1.00. The van der Waals surface area contributed by atoms with Gasteiger partial charge in [-0.2, -0.15) is 0 Å². The maximum absolute atomic E-state index is 12.0. The molecule has 0 amide bonds. The van der Waals surface area contributed by atoms with E-state index < -0.39 is 18.9 Å². The predicted molar refractivity (Wildman–Crippen MR) is 37.3 cm³/mol. The molecule has 0 aromatic heterocycles. The molecular weight excluding hydrogens is 195 g/mol. The van der Waals surface area contributed by atoms with Crippen LogP contribution in [0.4, 0.5) is 12.9 Å². The Hall–Kier alpha value is 1.45. The maximum atomic E-state index is 12.0. The van der Waals surface area contributed by atoms with E-state index in [9.17, 15) is 12.9 Å². The summed E-state index contributed by atoms with van der Waals surface area (Å²) in [7, 11) is 0. The van der Waals surface area contributed by atoms with Crippen LogP contribution in [0.3, 0.4) is 0 Å². The second-order valence-corrected chi connectivity index (χ2v) is 3.19. The monoisotopic (exact) mass is 206 g/mol. The first-order valence-corrected chi connectivity index (χ1v) is 3.88. The molecule has 0 aromatic rings. The summed E-state index contributed by atoms with van der Waals surface area (Å²) in [4.78, 5) is 0. The zero-order chi connectivity index (χ0) is 8.48. The molecule has 0 aromatic carbocycles. The molecule has 0 heterocycles. The van der Waals surface area contributed by atoms with Crippen LogP contribution in [-0.4, -0.2) is 18.2 Å². The molecule has 1 saturated carbocycles. The van der Waals surface area contributed by atoms with Gasteiger partial charge < -0.3 is 18.1 Å². The van der Waals surface area contributed by atoms with E-state index in [0.29, 0.717) is 12.8 Å². The first-order valence-electron chi connectivity index (χ1n) is 3.88. The van der Waals surface area contributed by atoms with Crippen molar-refractivity contribution in [3.05, 3.63) is 0 Å². The van der Waals surface area contributed by atoms with Gasteiger partial charge in [0.05, 0.1) is 6.10 Å². The summed E-state index contributed by atoms with van der Waals surface area (Å²) in [6.45, 7) is -4.66. The summed E-state index contributed by atoms with van der Waals surface area (Å²) in [6.07, 6.45) is 0.358. The zero-order valence-corrected chi connectivity index (χ0v) is 10.3. The van der Waals surface area contributed by atoms with Gasteiger partial charge in [0.2, 0.25) is 0 Å². The summed E-state index contributed by atoms with van der Waals surface area (Å²) in [5.74, 6) is -1.11. The smallest absolute Gasteiger partial charge is 0.449 e. The SMILES string of the molecule is OC1CCC([B-](F)(F)F)CC1.[K+]. The van der Waals surface area contributed by atoms with E-state index in [4.69, 9.17) is 5.11 Å². The van der Waals surface area contributed by atoms with Gasteiger partial charge in [0.1, 0.15) is 0 Å². The minimum atomic E-state index is -4.66. The number of hydrogen-bond donors (Lipinski definition) is 1. The average molecular weight is 206 g/mol. The molecule has 0 aliphatic heterocycles. The minimum absolute atomic E-state index is 0. The number of rotatable bonds is 1. The quantitative estimate of drug-likeness (QED) is 0.553. The maximum Gasteiger partial charge on any atom is 1.00 e. The third-order valence-corrected chi connectivity index (χ3v) is 2.28. The summed E-state index contributed by atoms with van der Waals surface area (Å²) in [5.41, 5.74) is 0. The van der Waals surface area contributed by atoms with E-state index in [1.54, 1.807) is 0 Å². The Morgan fingerprint density at radius 2 is 1.42 bits per heavy atom. The Kier molecular flexibility index (Phi) is 6.01. The summed E-state index contributed by atoms with van der Waals surface area (Å²) < 4.78 is 36.1. The van der Waals surface area contributed by atoms with Crippen LogP contribution in [0.15, 0.2) is 0 Å². The van der Waals surface area contributed by atoms with E-state index in [1.165, 1.54) is 0 Å². The van der Waals surface area contributed by atoms with E-state index in [-0.39, 0.29) is 64.2 Å². The van der Waals surface area contributed by atoms with Crippen molar-refractivity contribution in [2.24, 2.45) is 0 Å². The van der Waals surface area contributed by atoms with Crippen molar-refractivity contribution in [2.45, 2.75) is 37.6 Å². The standard InChI is InChI=1S/C6H11BF3O.K/c8-7(9,10)5-1-3-6(11)4-2-5;/h5-6,11H,1-4H2;/q-1;+1. The van der Waals surface area contributed by atoms with Crippen LogP contribution < -0.4 is 51.4 Å². The average Bonchev–Trinajstić information content (AvgIpc) is 1.86. The van der Waals surface area contributed by atoms with Gasteiger partial charge in [-0.25, -0.2) is 0 Å². The van der Waals surface area contributed by atoms with Crippen molar-refractivity contribution >= 4 is 6.98 Å². The summed E-state index contributed by atoms with van der Waals surface area (Å²) in [6, 6.07) is 0. The number of aliphatic hydroxyl groups excluding tert-OH is 1. The first-order chi connectivity index (χ1) is 5.00. The fourth-order valence-electron chi connectivity index (χ4n) is 1.48. The Balaban J connectivity index is 0.00000121. The van der Waals surface area contributed by atoms with Gasteiger partial charge in [-0.1, -0.05) is 18.7 Å². The molecule has 1 rings (SSSR count). The molecule has 0 atom stereocenters. The molecule has 0 saturated heterocycles. The molecule has 0 spiro atoms. The van der Waals surface area contributed by atoms with Gasteiger partial charge in [-0.3, -0.25) is 0 Å². The molecule has 1 aliphatic carbocycles. The van der Waals surface area contributed by atoms with Gasteiger partial charge in [0, 0.05) is 0 Å². The fourth-order valence-corrected chi connectivity index (χ4v) is 1.48. The van der Waals surface area contributed by atoms with Crippen molar-refractivity contribution in [3.63, 3.8) is 0 Å². The second kappa shape index (κ2) is 5.36. The summed E-state index contributed by atoms with van der Waals surface area (Å²) >= 11 is 0. The van der Waals surface area contributed by atoms with Gasteiger partial charge in [-0.05, 0) is 12.8 Å². The van der Waals surface area contributed by atoms with Gasteiger partial charge in [0.15, 0.2) is 0 Å². The third-order valence-electron chi connectivity index (χ3n) is 2.28. The predicted octanol–water partition coefficient (Wildman–Crippen LogP) is -0.857. The molecule has 1 nitrogen and oxygen atoms in total. The minimum Gasteiger partial charge on any atom is -0.449 e. The van der Waals surface area contributed by atoms with E-state index in [2.05, 4.69) is 0 Å². The molecule has 66 valence electrons. The molecule has 0 unspecified atom stereocenters. The van der Waals surface area contributed by atoms with Crippen LogP contribution >= 0.6 is 0 Å². The van der Waals surface area contributed by atoms with Crippen molar-refractivity contribution in [3.8, 4) is 0 Å². The molecule has 1 N–H and O–H groups in total. The Morgan fingerprint density at radius 3 is 1.75 bits per heavy atom. The van der Waals surface area contributed by atoms with Crippen LogP contribution in [0.1, 0.15) is 25.7 Å². The summed E-state index contributed by atoms with van der Waals surface area (Å²) in [5, 5.41) is 8.93. The largest absolute Gasteiger partial charge is 1.00 e. The molecule has 0 bridgehead atoms. The van der Waals surface area contributed by atoms with Crippen LogP contribution in [0.5, 0.6) is 0 Å². The number of hydrogen-bond acceptors (Lipinski definition) is 1. The number of halogens is 3. The van der Waals surface area contributed by atoms with Gasteiger partial charge in [-0.15, -0.1) is 0 Å². The van der Waals surface area contributed by atoms with E-state index >= 15 is 0 Å². The Bertz CT molecular complexity index is 133. The molecule has 0 radical (unpaired) electrons. The number of aliphatic hydroxyl groups is 1.